The Morgan fingerprint density at radius 1 is 1.56 bits per heavy atom. The van der Waals surface area contributed by atoms with Gasteiger partial charge in [-0.25, -0.2) is 4.99 Å². The standard InChI is InChI=1S/C7H9NO/c1-2-7(8-5-1)9-6-3-4-6/h2,5-6H,1,3-4H2. The van der Waals surface area contributed by atoms with Crippen molar-refractivity contribution in [3.05, 3.63) is 12.0 Å². The van der Waals surface area contributed by atoms with E-state index in [1.165, 1.54) is 12.8 Å². The second-order valence-corrected chi connectivity index (χ2v) is 2.41. The molecule has 2 heteroatoms. The Labute approximate surface area is 54.2 Å². The van der Waals surface area contributed by atoms with Crippen molar-refractivity contribution in [1.29, 1.82) is 0 Å². The monoisotopic (exact) mass is 123 g/mol. The number of ether oxygens (including phenoxy) is 1. The Morgan fingerprint density at radius 3 is 3.00 bits per heavy atom. The second kappa shape index (κ2) is 1.87. The van der Waals surface area contributed by atoms with Gasteiger partial charge in [0.1, 0.15) is 6.10 Å². The molecule has 1 aliphatic heterocycles. The third kappa shape index (κ3) is 1.12. The molecule has 0 amide bonds. The van der Waals surface area contributed by atoms with E-state index in [9.17, 15) is 0 Å². The maximum Gasteiger partial charge on any atom is 0.209 e. The molecule has 0 atom stereocenters. The molecule has 2 rings (SSSR count). The van der Waals surface area contributed by atoms with E-state index in [1.54, 1.807) is 0 Å². The summed E-state index contributed by atoms with van der Waals surface area (Å²) in [5.41, 5.74) is 0. The number of nitrogens with zero attached hydrogens (tertiary/aromatic N) is 1. The van der Waals surface area contributed by atoms with Gasteiger partial charge in [0.15, 0.2) is 0 Å². The maximum atomic E-state index is 5.39. The third-order valence-corrected chi connectivity index (χ3v) is 1.43. The fraction of sp³-hybridized carbons (Fsp3) is 0.571. The van der Waals surface area contributed by atoms with E-state index in [0.717, 1.165) is 12.3 Å². The normalized spacial score (nSPS) is 24.2. The van der Waals surface area contributed by atoms with Gasteiger partial charge in [0.2, 0.25) is 5.88 Å². The molecule has 1 saturated carbocycles. The van der Waals surface area contributed by atoms with Crippen molar-refractivity contribution < 1.29 is 4.74 Å². The number of hydrogen-bond acceptors (Lipinski definition) is 2. The topological polar surface area (TPSA) is 21.6 Å². The average Bonchev–Trinajstić information content (AvgIpc) is 2.46. The minimum absolute atomic E-state index is 0.492. The fourth-order valence-corrected chi connectivity index (χ4v) is 0.784. The van der Waals surface area contributed by atoms with Crippen molar-refractivity contribution in [2.75, 3.05) is 0 Å². The predicted octanol–water partition coefficient (Wildman–Crippen LogP) is 1.48. The molecule has 0 radical (unpaired) electrons. The van der Waals surface area contributed by atoms with Gasteiger partial charge < -0.3 is 4.74 Å². The highest BCUT2D eigenvalue weighted by atomic mass is 16.5. The summed E-state index contributed by atoms with van der Waals surface area (Å²) in [6, 6.07) is 0. The lowest BCUT2D eigenvalue weighted by Crippen LogP contribution is -1.88. The Hall–Kier alpha value is -0.790. The summed E-state index contributed by atoms with van der Waals surface area (Å²) < 4.78 is 5.39. The molecule has 0 unspecified atom stereocenters. The van der Waals surface area contributed by atoms with Crippen molar-refractivity contribution >= 4 is 6.21 Å². The molecule has 0 aromatic heterocycles. The van der Waals surface area contributed by atoms with Crippen LogP contribution in [0.5, 0.6) is 0 Å². The summed E-state index contributed by atoms with van der Waals surface area (Å²) in [5.74, 6) is 0.831. The summed E-state index contributed by atoms with van der Waals surface area (Å²) >= 11 is 0. The van der Waals surface area contributed by atoms with Gasteiger partial charge in [0.25, 0.3) is 0 Å². The summed E-state index contributed by atoms with van der Waals surface area (Å²) in [6.07, 6.45) is 7.75. The van der Waals surface area contributed by atoms with E-state index in [2.05, 4.69) is 4.99 Å². The summed E-state index contributed by atoms with van der Waals surface area (Å²) in [7, 11) is 0. The van der Waals surface area contributed by atoms with Crippen LogP contribution in [0.4, 0.5) is 0 Å². The number of hydrogen-bond donors (Lipinski definition) is 0. The van der Waals surface area contributed by atoms with Crippen LogP contribution in [0.15, 0.2) is 17.0 Å². The van der Waals surface area contributed by atoms with E-state index < -0.39 is 0 Å². The van der Waals surface area contributed by atoms with Crippen LogP contribution >= 0.6 is 0 Å². The predicted molar refractivity (Wildman–Crippen MR) is 35.3 cm³/mol. The maximum absolute atomic E-state index is 5.39. The van der Waals surface area contributed by atoms with Crippen LogP contribution in [0.25, 0.3) is 0 Å². The molecule has 0 spiro atoms. The molecule has 0 aromatic carbocycles. The smallest absolute Gasteiger partial charge is 0.209 e. The van der Waals surface area contributed by atoms with Gasteiger partial charge in [-0.1, -0.05) is 0 Å². The fourth-order valence-electron chi connectivity index (χ4n) is 0.784. The molecule has 2 aliphatic rings. The molecule has 1 fully saturated rings. The summed E-state index contributed by atoms with van der Waals surface area (Å²) in [5, 5.41) is 0. The van der Waals surface area contributed by atoms with Crippen LogP contribution in [0.3, 0.4) is 0 Å². The molecule has 0 aromatic rings. The number of rotatable bonds is 2. The zero-order valence-electron chi connectivity index (χ0n) is 5.21. The van der Waals surface area contributed by atoms with Crippen molar-refractivity contribution in [3.63, 3.8) is 0 Å². The molecule has 1 heterocycles. The van der Waals surface area contributed by atoms with E-state index in [0.29, 0.717) is 6.10 Å². The Balaban J connectivity index is 1.89. The highest BCUT2D eigenvalue weighted by Gasteiger charge is 2.24. The van der Waals surface area contributed by atoms with E-state index in [1.807, 2.05) is 12.3 Å². The molecule has 9 heavy (non-hydrogen) atoms. The third-order valence-electron chi connectivity index (χ3n) is 1.43. The summed E-state index contributed by atoms with van der Waals surface area (Å²) in [4.78, 5) is 4.03. The van der Waals surface area contributed by atoms with Gasteiger partial charge in [-0.15, -0.1) is 0 Å². The quantitative estimate of drug-likeness (QED) is 0.545. The first-order chi connectivity index (χ1) is 4.45. The SMILES string of the molecule is C1=NC(OC2CC2)=CC1. The molecule has 1 aliphatic carbocycles. The Bertz CT molecular complexity index is 168. The van der Waals surface area contributed by atoms with Gasteiger partial charge >= 0.3 is 0 Å². The van der Waals surface area contributed by atoms with Crippen LogP contribution in [0.1, 0.15) is 19.3 Å². The lowest BCUT2D eigenvalue weighted by molar-refractivity contribution is 0.196. The molecule has 48 valence electrons. The lowest BCUT2D eigenvalue weighted by Gasteiger charge is -1.98. The van der Waals surface area contributed by atoms with Crippen molar-refractivity contribution in [3.8, 4) is 0 Å². The molecule has 2 nitrogen and oxygen atoms in total. The molecule has 0 N–H and O–H groups in total. The van der Waals surface area contributed by atoms with Gasteiger partial charge in [-0.05, 0) is 18.9 Å². The highest BCUT2D eigenvalue weighted by Crippen LogP contribution is 2.27. The highest BCUT2D eigenvalue weighted by molar-refractivity contribution is 5.63. The first kappa shape index (κ1) is 5.03. The van der Waals surface area contributed by atoms with Crippen LogP contribution in [0, 0.1) is 0 Å². The first-order valence-corrected chi connectivity index (χ1v) is 3.34. The van der Waals surface area contributed by atoms with Crippen LogP contribution < -0.4 is 0 Å². The zero-order valence-corrected chi connectivity index (χ0v) is 5.21. The van der Waals surface area contributed by atoms with Gasteiger partial charge in [-0.3, -0.25) is 0 Å². The second-order valence-electron chi connectivity index (χ2n) is 2.41. The zero-order chi connectivity index (χ0) is 6.10. The van der Waals surface area contributed by atoms with Crippen LogP contribution in [-0.2, 0) is 4.74 Å². The van der Waals surface area contributed by atoms with E-state index >= 15 is 0 Å². The molecule has 0 bridgehead atoms. The van der Waals surface area contributed by atoms with Crippen LogP contribution in [-0.4, -0.2) is 12.3 Å². The van der Waals surface area contributed by atoms with Crippen molar-refractivity contribution in [2.24, 2.45) is 4.99 Å². The van der Waals surface area contributed by atoms with Gasteiger partial charge in [-0.2, -0.15) is 0 Å². The Kier molecular flexibility index (Phi) is 1.04. The number of aliphatic imine (C=N–C) groups is 1. The molecular formula is C7H9NO. The first-order valence-electron chi connectivity index (χ1n) is 3.34. The molecular weight excluding hydrogens is 114 g/mol. The van der Waals surface area contributed by atoms with Crippen LogP contribution in [0.2, 0.25) is 0 Å². The minimum Gasteiger partial charge on any atom is -0.475 e. The Morgan fingerprint density at radius 2 is 2.44 bits per heavy atom. The lowest BCUT2D eigenvalue weighted by atomic mass is 10.5. The minimum atomic E-state index is 0.492. The van der Waals surface area contributed by atoms with Crippen molar-refractivity contribution in [1.82, 2.24) is 0 Å². The van der Waals surface area contributed by atoms with Crippen molar-refractivity contribution in [2.45, 2.75) is 25.4 Å². The number of allylic oxidation sites excluding steroid dienone is 1. The largest absolute Gasteiger partial charge is 0.475 e. The van der Waals surface area contributed by atoms with E-state index in [4.69, 9.17) is 4.74 Å². The molecule has 0 saturated heterocycles. The average molecular weight is 123 g/mol. The van der Waals surface area contributed by atoms with Gasteiger partial charge in [0, 0.05) is 12.6 Å². The van der Waals surface area contributed by atoms with Gasteiger partial charge in [0.05, 0.1) is 0 Å². The van der Waals surface area contributed by atoms with E-state index in [-0.39, 0.29) is 0 Å². The summed E-state index contributed by atoms with van der Waals surface area (Å²) in [6.45, 7) is 0.